The molecular weight excluding hydrogens is 618 g/mol. The number of cyclic esters (lactones) is 1. The molecule has 1 N–H and O–H groups in total. The van der Waals surface area contributed by atoms with Gasteiger partial charge >= 0.3 is 12.1 Å². The van der Waals surface area contributed by atoms with E-state index >= 15 is 0 Å². The lowest BCUT2D eigenvalue weighted by Crippen LogP contribution is -2.70. The molecule has 8 aliphatic rings. The van der Waals surface area contributed by atoms with Gasteiger partial charge in [-0.1, -0.05) is 48.8 Å². The lowest BCUT2D eigenvalue weighted by Gasteiger charge is -2.53. The van der Waals surface area contributed by atoms with Crippen LogP contribution >= 0.6 is 21.6 Å². The molecule has 2 spiro atoms. The van der Waals surface area contributed by atoms with Crippen molar-refractivity contribution in [3.05, 3.63) is 11.1 Å². The number of hydrogen-bond donors (Lipinski definition) is 1. The first-order valence-corrected chi connectivity index (χ1v) is 19.4. The Morgan fingerprint density at radius 1 is 1.11 bits per heavy atom. The molecule has 0 aromatic carbocycles. The van der Waals surface area contributed by atoms with Gasteiger partial charge in [0.15, 0.2) is 11.7 Å². The van der Waals surface area contributed by atoms with E-state index in [9.17, 15) is 14.4 Å². The van der Waals surface area contributed by atoms with E-state index < -0.39 is 29.1 Å². The van der Waals surface area contributed by atoms with Gasteiger partial charge in [-0.2, -0.15) is 0 Å². The number of carbonyl (C=O) groups is 3. The predicted octanol–water partition coefficient (Wildman–Crippen LogP) is 4.87. The van der Waals surface area contributed by atoms with Gasteiger partial charge in [-0.3, -0.25) is 4.79 Å². The highest BCUT2D eigenvalue weighted by molar-refractivity contribution is 8.77. The molecule has 10 nitrogen and oxygen atoms in total. The van der Waals surface area contributed by atoms with Crippen LogP contribution in [0.3, 0.4) is 0 Å². The molecule has 6 fully saturated rings. The number of esters is 1. The van der Waals surface area contributed by atoms with Crippen molar-refractivity contribution in [1.82, 2.24) is 5.32 Å². The molecule has 1 amide bonds. The predicted molar refractivity (Wildman–Crippen MR) is 166 cm³/mol. The summed E-state index contributed by atoms with van der Waals surface area (Å²) in [6.07, 6.45) is 6.78. The van der Waals surface area contributed by atoms with Gasteiger partial charge in [0, 0.05) is 35.0 Å². The van der Waals surface area contributed by atoms with Crippen molar-refractivity contribution < 1.29 is 42.8 Å². The maximum absolute atomic E-state index is 13.2. The SMILES string of the molecule is CC(C)[C@]12O[C@H]1[C@@H]1O[C@]13[C@]1(O[C@H]1C[C@H]1C4=C(CC[C@@]13C)C(=O)OC4)[C@@H]2OC(=O)OCCCCNC(=O)CCCCC1CCSS1. The Morgan fingerprint density at radius 3 is 2.78 bits per heavy atom. The van der Waals surface area contributed by atoms with Gasteiger partial charge in [0.2, 0.25) is 5.91 Å². The Balaban J connectivity index is 0.857. The molecule has 5 aliphatic heterocycles. The molecule has 1 unspecified atom stereocenters. The Kier molecular flexibility index (Phi) is 7.56. The van der Waals surface area contributed by atoms with Crippen molar-refractivity contribution in [2.24, 2.45) is 17.3 Å². The van der Waals surface area contributed by atoms with E-state index in [1.165, 1.54) is 18.6 Å². The highest BCUT2D eigenvalue weighted by Gasteiger charge is 3.01. The molecule has 248 valence electrons. The second-order valence-electron chi connectivity index (χ2n) is 14.7. The minimum atomic E-state index is -0.792. The van der Waals surface area contributed by atoms with Crippen LogP contribution in [0.5, 0.6) is 0 Å². The Labute approximate surface area is 272 Å². The molecule has 0 aromatic rings. The maximum atomic E-state index is 13.2. The largest absolute Gasteiger partial charge is 0.508 e. The summed E-state index contributed by atoms with van der Waals surface area (Å²) in [5.74, 6) is 1.35. The van der Waals surface area contributed by atoms with Crippen molar-refractivity contribution >= 4 is 39.6 Å². The fourth-order valence-electron chi connectivity index (χ4n) is 9.89. The first-order chi connectivity index (χ1) is 21.7. The molecular formula is C33H45NO9S2. The molecule has 0 radical (unpaired) electrons. The lowest BCUT2D eigenvalue weighted by atomic mass is 9.46. The molecule has 12 heteroatoms. The van der Waals surface area contributed by atoms with E-state index in [2.05, 4.69) is 26.1 Å². The third-order valence-corrected chi connectivity index (χ3v) is 15.3. The van der Waals surface area contributed by atoms with Crippen LogP contribution in [0.15, 0.2) is 11.1 Å². The zero-order chi connectivity index (χ0) is 31.2. The standard InChI is InChI=1S/C33H45NO9S2/c1-18(2)31-25(42-31)26-33(43-26)30(3)12-10-20-21(17-39-27(20)36)22(30)16-23-32(33,41-23)28(31)40-29(37)38-14-7-6-13-34-24(35)9-5-4-8-19-11-15-44-45-19/h18-19,22-23,25-26,28H,4-17H2,1-3H3,(H,34,35)/t19?,22-,23-,25-,26-,28+,30-,31-,32+,33+/m0/s1. The van der Waals surface area contributed by atoms with Crippen LogP contribution in [0, 0.1) is 17.3 Å². The average molecular weight is 664 g/mol. The number of nitrogens with one attached hydrogen (secondary N) is 1. The summed E-state index contributed by atoms with van der Waals surface area (Å²) in [6.45, 7) is 7.58. The highest BCUT2D eigenvalue weighted by atomic mass is 33.1. The summed E-state index contributed by atoms with van der Waals surface area (Å²) in [6, 6.07) is 0. The number of hydrogen-bond acceptors (Lipinski definition) is 11. The van der Waals surface area contributed by atoms with Crippen LogP contribution in [-0.4, -0.2) is 90.0 Å². The summed E-state index contributed by atoms with van der Waals surface area (Å²) in [5.41, 5.74) is -0.471. The zero-order valence-electron chi connectivity index (χ0n) is 26.4. The Hall–Kier alpha value is -1.47. The third kappa shape index (κ3) is 4.43. The molecule has 5 heterocycles. The summed E-state index contributed by atoms with van der Waals surface area (Å²) in [4.78, 5) is 37.8. The smallest absolute Gasteiger partial charge is 0.458 e. The number of rotatable bonds is 12. The highest BCUT2D eigenvalue weighted by Crippen LogP contribution is 2.83. The van der Waals surface area contributed by atoms with Crippen LogP contribution in [0.25, 0.3) is 0 Å². The van der Waals surface area contributed by atoms with Crippen LogP contribution < -0.4 is 5.32 Å². The van der Waals surface area contributed by atoms with Gasteiger partial charge in [0.1, 0.15) is 30.0 Å². The second kappa shape index (κ2) is 11.0. The number of unbranched alkanes of at least 4 members (excludes halogenated alkanes) is 2. The first kappa shape index (κ1) is 30.8. The minimum Gasteiger partial charge on any atom is -0.458 e. The average Bonchev–Trinajstić information content (AvgIpc) is 3.95. The number of epoxide rings is 3. The van der Waals surface area contributed by atoms with E-state index in [-0.39, 0.29) is 54.0 Å². The third-order valence-electron chi connectivity index (χ3n) is 12.3. The molecule has 45 heavy (non-hydrogen) atoms. The van der Waals surface area contributed by atoms with Gasteiger partial charge in [-0.25, -0.2) is 9.59 Å². The van der Waals surface area contributed by atoms with Crippen LogP contribution in [-0.2, 0) is 38.0 Å². The van der Waals surface area contributed by atoms with Gasteiger partial charge in [-0.05, 0) is 68.8 Å². The lowest BCUT2D eigenvalue weighted by molar-refractivity contribution is -0.136. The Bertz CT molecular complexity index is 1300. The van der Waals surface area contributed by atoms with E-state index in [1.54, 1.807) is 0 Å². The number of carbonyl (C=O) groups excluding carboxylic acids is 3. The summed E-state index contributed by atoms with van der Waals surface area (Å²) >= 11 is 0. The number of fused-ring (bicyclic) bond motifs is 4. The van der Waals surface area contributed by atoms with Crippen LogP contribution in [0.1, 0.15) is 85.0 Å². The molecule has 3 aliphatic carbocycles. The summed E-state index contributed by atoms with van der Waals surface area (Å²) in [7, 11) is 3.95. The normalized spacial score (nSPS) is 44.5. The van der Waals surface area contributed by atoms with Crippen molar-refractivity contribution in [1.29, 1.82) is 0 Å². The summed E-state index contributed by atoms with van der Waals surface area (Å²) in [5, 5.41) is 3.75. The van der Waals surface area contributed by atoms with Crippen molar-refractivity contribution in [3.63, 3.8) is 0 Å². The fraction of sp³-hybridized carbons (Fsp3) is 0.848. The van der Waals surface area contributed by atoms with Gasteiger partial charge in [-0.15, -0.1) is 0 Å². The molecule has 0 aromatic heterocycles. The van der Waals surface area contributed by atoms with Crippen LogP contribution in [0.2, 0.25) is 0 Å². The summed E-state index contributed by atoms with van der Waals surface area (Å²) < 4.78 is 37.1. The van der Waals surface area contributed by atoms with Crippen molar-refractivity contribution in [2.75, 3.05) is 25.5 Å². The molecule has 0 bridgehead atoms. The number of ether oxygens (including phenoxy) is 6. The number of amides is 1. The molecule has 10 atom stereocenters. The van der Waals surface area contributed by atoms with Gasteiger partial charge in [0.25, 0.3) is 0 Å². The van der Waals surface area contributed by atoms with Crippen molar-refractivity contribution in [2.45, 2.75) is 131 Å². The minimum absolute atomic E-state index is 0.0815. The van der Waals surface area contributed by atoms with Gasteiger partial charge in [0.05, 0.1) is 12.7 Å². The van der Waals surface area contributed by atoms with Crippen LogP contribution in [0.4, 0.5) is 4.79 Å². The van der Waals surface area contributed by atoms with Crippen molar-refractivity contribution in [3.8, 4) is 0 Å². The molecule has 8 rings (SSSR count). The topological polar surface area (TPSA) is 129 Å². The fourth-order valence-corrected chi connectivity index (χ4v) is 12.9. The molecule has 2 saturated carbocycles. The van der Waals surface area contributed by atoms with Gasteiger partial charge < -0.3 is 33.7 Å². The van der Waals surface area contributed by atoms with E-state index in [4.69, 9.17) is 28.4 Å². The monoisotopic (exact) mass is 663 g/mol. The zero-order valence-corrected chi connectivity index (χ0v) is 28.1. The maximum Gasteiger partial charge on any atom is 0.508 e. The molecule has 4 saturated heterocycles. The second-order valence-corrected chi connectivity index (χ2v) is 17.5. The first-order valence-electron chi connectivity index (χ1n) is 17.0. The Morgan fingerprint density at radius 2 is 1.98 bits per heavy atom. The quantitative estimate of drug-likeness (QED) is 0.133. The van der Waals surface area contributed by atoms with E-state index in [0.29, 0.717) is 32.4 Å². The van der Waals surface area contributed by atoms with E-state index in [1.807, 2.05) is 21.6 Å². The van der Waals surface area contributed by atoms with E-state index in [0.717, 1.165) is 48.5 Å².